The molecule has 1 aliphatic heterocycles. The maximum atomic E-state index is 11.3. The van der Waals surface area contributed by atoms with Gasteiger partial charge in [-0.15, -0.1) is 0 Å². The number of nitrogens with one attached hydrogen (secondary N) is 1. The molecule has 1 heterocycles. The van der Waals surface area contributed by atoms with Gasteiger partial charge in [0.1, 0.15) is 0 Å². The molecule has 1 saturated heterocycles. The van der Waals surface area contributed by atoms with Gasteiger partial charge in [0.2, 0.25) is 0 Å². The summed E-state index contributed by atoms with van der Waals surface area (Å²) < 4.78 is 22.6. The van der Waals surface area contributed by atoms with E-state index < -0.39 is 15.9 Å². The molecule has 5 heteroatoms. The van der Waals surface area contributed by atoms with Crippen molar-refractivity contribution in [3.63, 3.8) is 0 Å². The van der Waals surface area contributed by atoms with E-state index in [2.05, 4.69) is 17.4 Å². The quantitative estimate of drug-likeness (QED) is 0.758. The van der Waals surface area contributed by atoms with Gasteiger partial charge in [-0.2, -0.15) is 0 Å². The minimum absolute atomic E-state index is 0.0551. The number of aliphatic hydroxyl groups is 1. The number of sulfone groups is 1. The Hall–Kier alpha value is -0.910. The van der Waals surface area contributed by atoms with Crippen molar-refractivity contribution in [2.45, 2.75) is 25.0 Å². The predicted octanol–water partition coefficient (Wildman–Crippen LogP) is 0.367. The summed E-state index contributed by atoms with van der Waals surface area (Å²) >= 11 is 0. The van der Waals surface area contributed by atoms with Crippen LogP contribution >= 0.6 is 0 Å². The van der Waals surface area contributed by atoms with Gasteiger partial charge in [0, 0.05) is 6.04 Å². The fraction of sp³-hybridized carbons (Fsp3) is 0.538. The fourth-order valence-electron chi connectivity index (χ4n) is 2.25. The maximum Gasteiger partial charge on any atom is 0.154 e. The molecule has 18 heavy (non-hydrogen) atoms. The predicted molar refractivity (Wildman–Crippen MR) is 71.2 cm³/mol. The summed E-state index contributed by atoms with van der Waals surface area (Å²) in [6, 6.07) is 9.86. The smallest absolute Gasteiger partial charge is 0.154 e. The van der Waals surface area contributed by atoms with Gasteiger partial charge < -0.3 is 10.4 Å². The minimum atomic E-state index is -3.05. The third-order valence-electron chi connectivity index (χ3n) is 3.21. The number of hydrogen-bond acceptors (Lipinski definition) is 4. The summed E-state index contributed by atoms with van der Waals surface area (Å²) in [6.07, 6.45) is 1.14. The lowest BCUT2D eigenvalue weighted by Crippen LogP contribution is -2.39. The van der Waals surface area contributed by atoms with E-state index >= 15 is 0 Å². The number of hydrogen-bond donors (Lipinski definition) is 2. The molecule has 0 spiro atoms. The molecule has 0 bridgehead atoms. The molecule has 2 atom stereocenters. The molecule has 1 aliphatic rings. The Morgan fingerprint density at radius 3 is 2.56 bits per heavy atom. The standard InChI is InChI=1S/C13H19NO3S/c15-13-10-18(16,17)9-12(13)14-8-4-7-11-5-2-1-3-6-11/h1-3,5-6,12-15H,4,7-10H2/t12-,13-/m1/s1. The van der Waals surface area contributed by atoms with Crippen molar-refractivity contribution in [3.8, 4) is 0 Å². The average Bonchev–Trinajstić information content (AvgIpc) is 2.59. The molecule has 0 aromatic heterocycles. The zero-order valence-corrected chi connectivity index (χ0v) is 11.1. The first-order chi connectivity index (χ1) is 8.57. The van der Waals surface area contributed by atoms with Crippen LogP contribution in [-0.2, 0) is 16.3 Å². The van der Waals surface area contributed by atoms with E-state index in [1.54, 1.807) is 0 Å². The Morgan fingerprint density at radius 2 is 1.94 bits per heavy atom. The Kier molecular flexibility index (Phi) is 4.37. The number of aryl methyl sites for hydroxylation is 1. The highest BCUT2D eigenvalue weighted by molar-refractivity contribution is 7.91. The van der Waals surface area contributed by atoms with Gasteiger partial charge in [0.15, 0.2) is 9.84 Å². The van der Waals surface area contributed by atoms with Crippen molar-refractivity contribution in [1.29, 1.82) is 0 Å². The van der Waals surface area contributed by atoms with Crippen molar-refractivity contribution < 1.29 is 13.5 Å². The lowest BCUT2D eigenvalue weighted by molar-refractivity contribution is 0.166. The van der Waals surface area contributed by atoms with Gasteiger partial charge in [0.25, 0.3) is 0 Å². The lowest BCUT2D eigenvalue weighted by Gasteiger charge is -2.14. The van der Waals surface area contributed by atoms with E-state index in [0.717, 1.165) is 19.4 Å². The average molecular weight is 269 g/mol. The van der Waals surface area contributed by atoms with Gasteiger partial charge in [-0.05, 0) is 24.9 Å². The third kappa shape index (κ3) is 3.80. The van der Waals surface area contributed by atoms with E-state index in [4.69, 9.17) is 0 Å². The first-order valence-corrected chi connectivity index (χ1v) is 8.05. The summed E-state index contributed by atoms with van der Waals surface area (Å²) in [5, 5.41) is 12.7. The molecule has 2 rings (SSSR count). The first-order valence-electron chi connectivity index (χ1n) is 6.23. The second kappa shape index (κ2) is 5.82. The van der Waals surface area contributed by atoms with E-state index in [1.807, 2.05) is 18.2 Å². The minimum Gasteiger partial charge on any atom is -0.390 e. The largest absolute Gasteiger partial charge is 0.390 e. The number of aliphatic hydroxyl groups excluding tert-OH is 1. The summed E-state index contributed by atoms with van der Waals surface area (Å²) in [5.74, 6) is -0.0527. The zero-order chi connectivity index (χ0) is 13.0. The van der Waals surface area contributed by atoms with Crippen LogP contribution in [0.5, 0.6) is 0 Å². The van der Waals surface area contributed by atoms with E-state index in [-0.39, 0.29) is 17.5 Å². The van der Waals surface area contributed by atoms with Crippen molar-refractivity contribution in [2.24, 2.45) is 0 Å². The highest BCUT2D eigenvalue weighted by Gasteiger charge is 2.35. The number of benzene rings is 1. The SMILES string of the molecule is O=S1(=O)C[C@@H](O)[C@H](NCCCc2ccccc2)C1. The molecule has 4 nitrogen and oxygen atoms in total. The molecular formula is C13H19NO3S. The Balaban J connectivity index is 1.70. The second-order valence-electron chi connectivity index (χ2n) is 4.79. The van der Waals surface area contributed by atoms with Crippen molar-refractivity contribution >= 4 is 9.84 Å². The first kappa shape index (κ1) is 13.5. The lowest BCUT2D eigenvalue weighted by atomic mass is 10.1. The normalized spacial score (nSPS) is 26.3. The molecule has 0 radical (unpaired) electrons. The van der Waals surface area contributed by atoms with Crippen LogP contribution in [0.4, 0.5) is 0 Å². The van der Waals surface area contributed by atoms with Crippen LogP contribution in [0.25, 0.3) is 0 Å². The Bertz CT molecular complexity index is 472. The van der Waals surface area contributed by atoms with Gasteiger partial charge in [-0.1, -0.05) is 30.3 Å². The highest BCUT2D eigenvalue weighted by atomic mass is 32.2. The van der Waals surface area contributed by atoms with E-state index in [9.17, 15) is 13.5 Å². The van der Waals surface area contributed by atoms with Gasteiger partial charge in [-0.25, -0.2) is 8.42 Å². The maximum absolute atomic E-state index is 11.3. The van der Waals surface area contributed by atoms with Crippen LogP contribution in [0.15, 0.2) is 30.3 Å². The summed E-state index contributed by atoms with van der Waals surface area (Å²) in [6.45, 7) is 0.728. The molecule has 100 valence electrons. The summed E-state index contributed by atoms with van der Waals surface area (Å²) in [7, 11) is -3.05. The van der Waals surface area contributed by atoms with Crippen LogP contribution < -0.4 is 5.32 Å². The van der Waals surface area contributed by atoms with Crippen LogP contribution in [0.3, 0.4) is 0 Å². The molecule has 2 N–H and O–H groups in total. The van der Waals surface area contributed by atoms with Crippen LogP contribution in [0.1, 0.15) is 12.0 Å². The summed E-state index contributed by atoms with van der Waals surface area (Å²) in [4.78, 5) is 0. The van der Waals surface area contributed by atoms with Crippen LogP contribution in [0, 0.1) is 0 Å². The molecule has 1 aromatic carbocycles. The fourth-order valence-corrected chi connectivity index (χ4v) is 4.02. The third-order valence-corrected chi connectivity index (χ3v) is 4.93. The molecule has 0 amide bonds. The van der Waals surface area contributed by atoms with Crippen molar-refractivity contribution in [3.05, 3.63) is 35.9 Å². The van der Waals surface area contributed by atoms with E-state index in [0.29, 0.717) is 0 Å². The Labute approximate surface area is 108 Å². The second-order valence-corrected chi connectivity index (χ2v) is 6.95. The summed E-state index contributed by atoms with van der Waals surface area (Å²) in [5.41, 5.74) is 1.28. The molecule has 1 fully saturated rings. The van der Waals surface area contributed by atoms with Crippen molar-refractivity contribution in [1.82, 2.24) is 5.32 Å². The van der Waals surface area contributed by atoms with Gasteiger partial charge >= 0.3 is 0 Å². The molecule has 0 saturated carbocycles. The van der Waals surface area contributed by atoms with Crippen molar-refractivity contribution in [2.75, 3.05) is 18.1 Å². The molecular weight excluding hydrogens is 250 g/mol. The molecule has 1 aromatic rings. The number of rotatable bonds is 5. The molecule has 0 unspecified atom stereocenters. The highest BCUT2D eigenvalue weighted by Crippen LogP contribution is 2.12. The topological polar surface area (TPSA) is 66.4 Å². The van der Waals surface area contributed by atoms with Gasteiger partial charge in [-0.3, -0.25) is 0 Å². The molecule has 0 aliphatic carbocycles. The Morgan fingerprint density at radius 1 is 1.22 bits per heavy atom. The monoisotopic (exact) mass is 269 g/mol. The van der Waals surface area contributed by atoms with E-state index in [1.165, 1.54) is 5.56 Å². The zero-order valence-electron chi connectivity index (χ0n) is 10.2. The van der Waals surface area contributed by atoms with Gasteiger partial charge in [0.05, 0.1) is 17.6 Å². The van der Waals surface area contributed by atoms with Crippen LogP contribution in [-0.4, -0.2) is 43.7 Å². The van der Waals surface area contributed by atoms with Crippen LogP contribution in [0.2, 0.25) is 0 Å².